The number of anilines is 1. The number of carbonyl (C=O) groups excluding carboxylic acids is 1. The molecule has 2 aliphatic rings. The first-order chi connectivity index (χ1) is 13.6. The summed E-state index contributed by atoms with van der Waals surface area (Å²) in [6.07, 6.45) is 2.30. The topological polar surface area (TPSA) is 52.6 Å². The summed E-state index contributed by atoms with van der Waals surface area (Å²) >= 11 is 0. The van der Waals surface area contributed by atoms with Gasteiger partial charge in [0.2, 0.25) is 5.91 Å². The van der Waals surface area contributed by atoms with Crippen LogP contribution in [0.1, 0.15) is 20.3 Å². The zero-order valence-electron chi connectivity index (χ0n) is 16.4. The van der Waals surface area contributed by atoms with E-state index in [1.165, 1.54) is 6.33 Å². The second kappa shape index (κ2) is 7.83. The zero-order chi connectivity index (χ0) is 19.7. The fourth-order valence-corrected chi connectivity index (χ4v) is 4.16. The Morgan fingerprint density at radius 3 is 2.39 bits per heavy atom. The summed E-state index contributed by atoms with van der Waals surface area (Å²) < 4.78 is 15.1. The van der Waals surface area contributed by atoms with Crippen LogP contribution in [0.3, 0.4) is 0 Å². The third kappa shape index (κ3) is 3.46. The maximum Gasteiger partial charge on any atom is 0.240 e. The van der Waals surface area contributed by atoms with Gasteiger partial charge in [0.1, 0.15) is 12.0 Å². The maximum absolute atomic E-state index is 15.1. The molecular formula is C21H26FN5O. The predicted molar refractivity (Wildman–Crippen MR) is 106 cm³/mol. The van der Waals surface area contributed by atoms with Crippen LogP contribution in [-0.4, -0.2) is 70.5 Å². The highest BCUT2D eigenvalue weighted by atomic mass is 19.1. The Bertz CT molecular complexity index is 836. The molecule has 0 bridgehead atoms. The SMILES string of the molecule is CC(C)N1CCC(N2CCN(c3ncnc(-c4ccccc4)c3F)CC2)C1=O. The number of nitrogens with zero attached hydrogens (tertiary/aromatic N) is 5. The van der Waals surface area contributed by atoms with Gasteiger partial charge in [-0.2, -0.15) is 0 Å². The van der Waals surface area contributed by atoms with Gasteiger partial charge in [-0.05, 0) is 20.3 Å². The fourth-order valence-electron chi connectivity index (χ4n) is 4.16. The molecule has 3 heterocycles. The van der Waals surface area contributed by atoms with Crippen molar-refractivity contribution >= 4 is 11.7 Å². The van der Waals surface area contributed by atoms with Crippen LogP contribution in [-0.2, 0) is 4.79 Å². The molecule has 0 aliphatic carbocycles. The van der Waals surface area contributed by atoms with Crippen molar-refractivity contribution in [3.05, 3.63) is 42.5 Å². The maximum atomic E-state index is 15.1. The molecule has 6 nitrogen and oxygen atoms in total. The monoisotopic (exact) mass is 383 g/mol. The molecule has 1 aromatic carbocycles. The highest BCUT2D eigenvalue weighted by Crippen LogP contribution is 2.27. The van der Waals surface area contributed by atoms with Gasteiger partial charge in [0.25, 0.3) is 0 Å². The van der Waals surface area contributed by atoms with Crippen molar-refractivity contribution in [1.82, 2.24) is 19.8 Å². The third-order valence-corrected chi connectivity index (χ3v) is 5.71. The molecule has 2 aromatic rings. The van der Waals surface area contributed by atoms with E-state index in [4.69, 9.17) is 0 Å². The van der Waals surface area contributed by atoms with Crippen LogP contribution in [0.15, 0.2) is 36.7 Å². The standard InChI is InChI=1S/C21H26FN5O/c1-15(2)27-9-8-17(21(27)28)25-10-12-26(13-11-25)20-18(22)19(23-14-24-20)16-6-4-3-5-7-16/h3-7,14-15,17H,8-13H2,1-2H3. The van der Waals surface area contributed by atoms with Crippen LogP contribution >= 0.6 is 0 Å². The van der Waals surface area contributed by atoms with Crippen LogP contribution in [0, 0.1) is 5.82 Å². The highest BCUT2D eigenvalue weighted by Gasteiger charge is 2.38. The van der Waals surface area contributed by atoms with Crippen molar-refractivity contribution in [2.24, 2.45) is 0 Å². The van der Waals surface area contributed by atoms with Crippen molar-refractivity contribution in [1.29, 1.82) is 0 Å². The van der Waals surface area contributed by atoms with Crippen molar-refractivity contribution in [2.75, 3.05) is 37.6 Å². The van der Waals surface area contributed by atoms with E-state index in [1.807, 2.05) is 40.1 Å². The van der Waals surface area contributed by atoms with Gasteiger partial charge in [0.15, 0.2) is 11.6 Å². The van der Waals surface area contributed by atoms with E-state index in [0.717, 1.165) is 31.6 Å². The second-order valence-electron chi connectivity index (χ2n) is 7.68. The number of likely N-dealkylation sites (tertiary alicyclic amines) is 1. The van der Waals surface area contributed by atoms with Gasteiger partial charge in [-0.3, -0.25) is 9.69 Å². The molecular weight excluding hydrogens is 357 g/mol. The number of halogens is 1. The predicted octanol–water partition coefficient (Wildman–Crippen LogP) is 2.41. The first-order valence-electron chi connectivity index (χ1n) is 9.91. The quantitative estimate of drug-likeness (QED) is 0.812. The summed E-state index contributed by atoms with van der Waals surface area (Å²) in [6, 6.07) is 9.53. The first-order valence-corrected chi connectivity index (χ1v) is 9.91. The van der Waals surface area contributed by atoms with Gasteiger partial charge in [-0.25, -0.2) is 14.4 Å². The second-order valence-corrected chi connectivity index (χ2v) is 7.68. The number of hydrogen-bond acceptors (Lipinski definition) is 5. The summed E-state index contributed by atoms with van der Waals surface area (Å²) in [6.45, 7) is 7.68. The number of carbonyl (C=O) groups is 1. The molecule has 148 valence electrons. The first kappa shape index (κ1) is 18.8. The van der Waals surface area contributed by atoms with E-state index in [2.05, 4.69) is 28.7 Å². The van der Waals surface area contributed by atoms with Crippen LogP contribution in [0.25, 0.3) is 11.3 Å². The van der Waals surface area contributed by atoms with E-state index in [9.17, 15) is 4.79 Å². The van der Waals surface area contributed by atoms with Crippen LogP contribution in [0.4, 0.5) is 10.2 Å². The largest absolute Gasteiger partial charge is 0.352 e. The zero-order valence-corrected chi connectivity index (χ0v) is 16.4. The average molecular weight is 383 g/mol. The number of hydrogen-bond donors (Lipinski definition) is 0. The molecule has 1 unspecified atom stereocenters. The minimum Gasteiger partial charge on any atom is -0.352 e. The Morgan fingerprint density at radius 2 is 1.75 bits per heavy atom. The number of benzene rings is 1. The molecule has 0 saturated carbocycles. The highest BCUT2D eigenvalue weighted by molar-refractivity contribution is 5.84. The van der Waals surface area contributed by atoms with Gasteiger partial charge in [0, 0.05) is 44.3 Å². The van der Waals surface area contributed by atoms with E-state index in [0.29, 0.717) is 24.6 Å². The molecule has 7 heteroatoms. The Morgan fingerprint density at radius 1 is 1.04 bits per heavy atom. The minimum atomic E-state index is -0.384. The Hall–Kier alpha value is -2.54. The Balaban J connectivity index is 1.46. The fraction of sp³-hybridized carbons (Fsp3) is 0.476. The molecule has 1 amide bonds. The smallest absolute Gasteiger partial charge is 0.240 e. The van der Waals surface area contributed by atoms with Crippen LogP contribution in [0.2, 0.25) is 0 Å². The number of piperazine rings is 1. The van der Waals surface area contributed by atoms with Gasteiger partial charge in [0.05, 0.1) is 6.04 Å². The molecule has 2 aliphatic heterocycles. The molecule has 4 rings (SSSR count). The molecule has 28 heavy (non-hydrogen) atoms. The summed E-state index contributed by atoms with van der Waals surface area (Å²) in [5.41, 5.74) is 1.07. The molecule has 1 atom stereocenters. The molecule has 1 aromatic heterocycles. The lowest BCUT2D eigenvalue weighted by Crippen LogP contribution is -2.53. The third-order valence-electron chi connectivity index (χ3n) is 5.71. The van der Waals surface area contributed by atoms with Crippen molar-refractivity contribution in [3.63, 3.8) is 0 Å². The van der Waals surface area contributed by atoms with E-state index in [1.54, 1.807) is 0 Å². The summed E-state index contributed by atoms with van der Waals surface area (Å²) in [4.78, 5) is 27.1. The Kier molecular flexibility index (Phi) is 5.26. The normalized spacial score (nSPS) is 21.0. The number of rotatable bonds is 4. The van der Waals surface area contributed by atoms with Gasteiger partial charge >= 0.3 is 0 Å². The minimum absolute atomic E-state index is 0.0420. The lowest BCUT2D eigenvalue weighted by atomic mass is 10.1. The van der Waals surface area contributed by atoms with Crippen molar-refractivity contribution < 1.29 is 9.18 Å². The van der Waals surface area contributed by atoms with Crippen molar-refractivity contribution in [3.8, 4) is 11.3 Å². The van der Waals surface area contributed by atoms with Crippen molar-refractivity contribution in [2.45, 2.75) is 32.4 Å². The van der Waals surface area contributed by atoms with E-state index >= 15 is 4.39 Å². The summed E-state index contributed by atoms with van der Waals surface area (Å²) in [7, 11) is 0. The Labute approximate surface area is 165 Å². The van der Waals surface area contributed by atoms with Gasteiger partial charge in [-0.15, -0.1) is 0 Å². The number of amides is 1. The lowest BCUT2D eigenvalue weighted by Gasteiger charge is -2.38. The number of aromatic nitrogens is 2. The molecule has 0 spiro atoms. The summed E-state index contributed by atoms with van der Waals surface area (Å²) in [5.74, 6) is 0.183. The average Bonchev–Trinajstić information content (AvgIpc) is 3.11. The van der Waals surface area contributed by atoms with E-state index in [-0.39, 0.29) is 23.8 Å². The van der Waals surface area contributed by atoms with E-state index < -0.39 is 0 Å². The van der Waals surface area contributed by atoms with Gasteiger partial charge in [-0.1, -0.05) is 30.3 Å². The molecule has 0 N–H and O–H groups in total. The molecule has 2 saturated heterocycles. The molecule has 2 fully saturated rings. The molecule has 0 radical (unpaired) electrons. The lowest BCUT2D eigenvalue weighted by molar-refractivity contribution is -0.133. The van der Waals surface area contributed by atoms with Crippen LogP contribution < -0.4 is 4.90 Å². The van der Waals surface area contributed by atoms with Crippen LogP contribution in [0.5, 0.6) is 0 Å². The summed E-state index contributed by atoms with van der Waals surface area (Å²) in [5, 5.41) is 0. The van der Waals surface area contributed by atoms with Gasteiger partial charge < -0.3 is 9.80 Å².